The van der Waals surface area contributed by atoms with E-state index in [2.05, 4.69) is 4.74 Å². The molecule has 0 aliphatic carbocycles. The lowest BCUT2D eigenvalue weighted by Gasteiger charge is -2.14. The van der Waals surface area contributed by atoms with E-state index in [0.29, 0.717) is 12.3 Å². The molecule has 3 nitrogen and oxygen atoms in total. The van der Waals surface area contributed by atoms with Crippen LogP contribution < -0.4 is 0 Å². The number of halogens is 1. The molecule has 0 aromatic carbocycles. The fourth-order valence-electron chi connectivity index (χ4n) is 0.543. The van der Waals surface area contributed by atoms with Crippen LogP contribution in [0.1, 0.15) is 6.42 Å². The van der Waals surface area contributed by atoms with Crippen LogP contribution >= 0.6 is 11.6 Å². The second-order valence-corrected chi connectivity index (χ2v) is 2.25. The molecular formula is C6H13ClO3. The number of aliphatic hydroxyl groups excluding tert-OH is 1. The van der Waals surface area contributed by atoms with Crippen LogP contribution in [0.5, 0.6) is 0 Å². The summed E-state index contributed by atoms with van der Waals surface area (Å²) in [5.74, 6) is 0.372. The molecule has 0 heterocycles. The molecule has 0 aliphatic heterocycles. The molecule has 1 N–H and O–H groups in total. The van der Waals surface area contributed by atoms with Gasteiger partial charge in [0.2, 0.25) is 0 Å². The van der Waals surface area contributed by atoms with Gasteiger partial charge in [-0.05, 0) is 0 Å². The Labute approximate surface area is 65.9 Å². The standard InChI is InChI=1S/C6H13ClO3/c1-9-5(4-7)3-6(8)10-2/h5-6,8H,3-4H2,1-2H3/t5-,6-/m0/s1. The van der Waals surface area contributed by atoms with Gasteiger partial charge in [-0.3, -0.25) is 0 Å². The average molecular weight is 169 g/mol. The Morgan fingerprint density at radius 2 is 2.00 bits per heavy atom. The van der Waals surface area contributed by atoms with Crippen LogP contribution in [-0.4, -0.2) is 37.6 Å². The Morgan fingerprint density at radius 1 is 1.40 bits per heavy atom. The maximum atomic E-state index is 8.93. The number of aliphatic hydroxyl groups is 1. The predicted octanol–water partition coefficient (Wildman–Crippen LogP) is 0.595. The Balaban J connectivity index is 3.41. The first-order valence-electron chi connectivity index (χ1n) is 3.04. The molecule has 0 saturated carbocycles. The summed E-state index contributed by atoms with van der Waals surface area (Å²) in [6.45, 7) is 0. The van der Waals surface area contributed by atoms with Crippen molar-refractivity contribution in [3.05, 3.63) is 0 Å². The van der Waals surface area contributed by atoms with Crippen LogP contribution in [-0.2, 0) is 9.47 Å². The highest BCUT2D eigenvalue weighted by Crippen LogP contribution is 2.03. The van der Waals surface area contributed by atoms with E-state index in [0.717, 1.165) is 0 Å². The zero-order valence-electron chi connectivity index (χ0n) is 6.21. The van der Waals surface area contributed by atoms with Crippen LogP contribution in [0.2, 0.25) is 0 Å². The molecule has 0 bridgehead atoms. The van der Waals surface area contributed by atoms with Gasteiger partial charge in [0.05, 0.1) is 6.10 Å². The van der Waals surface area contributed by atoms with E-state index in [9.17, 15) is 0 Å². The van der Waals surface area contributed by atoms with E-state index in [1.54, 1.807) is 7.11 Å². The van der Waals surface area contributed by atoms with Crippen LogP contribution in [0.15, 0.2) is 0 Å². The molecule has 0 aliphatic rings. The Hall–Kier alpha value is 0.170. The van der Waals surface area contributed by atoms with Crippen molar-refractivity contribution in [1.82, 2.24) is 0 Å². The minimum Gasteiger partial charge on any atom is -0.380 e. The van der Waals surface area contributed by atoms with Crippen LogP contribution in [0.25, 0.3) is 0 Å². The fraction of sp³-hybridized carbons (Fsp3) is 1.00. The van der Waals surface area contributed by atoms with Crippen LogP contribution in [0.4, 0.5) is 0 Å². The van der Waals surface area contributed by atoms with E-state index in [-0.39, 0.29) is 6.10 Å². The molecule has 0 rings (SSSR count). The van der Waals surface area contributed by atoms with Gasteiger partial charge < -0.3 is 14.6 Å². The first-order chi connectivity index (χ1) is 4.74. The Bertz CT molecular complexity index is 75.4. The molecule has 0 fully saturated rings. The number of alkyl halides is 1. The lowest BCUT2D eigenvalue weighted by atomic mass is 10.3. The summed E-state index contributed by atoms with van der Waals surface area (Å²) in [6.07, 6.45) is -0.489. The molecule has 0 spiro atoms. The maximum Gasteiger partial charge on any atom is 0.156 e. The number of hydrogen-bond acceptors (Lipinski definition) is 3. The van der Waals surface area contributed by atoms with Gasteiger partial charge in [-0.25, -0.2) is 0 Å². The fourth-order valence-corrected chi connectivity index (χ4v) is 0.795. The third-order valence-corrected chi connectivity index (χ3v) is 1.59. The molecule has 0 saturated heterocycles. The highest BCUT2D eigenvalue weighted by molar-refractivity contribution is 6.18. The molecule has 2 atom stereocenters. The van der Waals surface area contributed by atoms with E-state index in [1.165, 1.54) is 7.11 Å². The van der Waals surface area contributed by atoms with Crippen LogP contribution in [0, 0.1) is 0 Å². The normalized spacial score (nSPS) is 16.8. The third kappa shape index (κ3) is 4.06. The Kier molecular flexibility index (Phi) is 6.02. The quantitative estimate of drug-likeness (QED) is 0.483. The van der Waals surface area contributed by atoms with Crippen molar-refractivity contribution in [3.8, 4) is 0 Å². The molecule has 0 amide bonds. The van der Waals surface area contributed by atoms with Gasteiger partial charge in [-0.2, -0.15) is 0 Å². The first kappa shape index (κ1) is 10.2. The van der Waals surface area contributed by atoms with Crippen molar-refractivity contribution in [1.29, 1.82) is 0 Å². The summed E-state index contributed by atoms with van der Waals surface area (Å²) < 4.78 is 9.50. The number of rotatable bonds is 5. The van der Waals surface area contributed by atoms with Gasteiger partial charge in [0.25, 0.3) is 0 Å². The van der Waals surface area contributed by atoms with Gasteiger partial charge in [0, 0.05) is 26.5 Å². The van der Waals surface area contributed by atoms with E-state index in [4.69, 9.17) is 21.4 Å². The van der Waals surface area contributed by atoms with Crippen molar-refractivity contribution >= 4 is 11.6 Å². The third-order valence-electron chi connectivity index (χ3n) is 1.24. The highest BCUT2D eigenvalue weighted by Gasteiger charge is 2.11. The molecular weight excluding hydrogens is 156 g/mol. The summed E-state index contributed by atoms with van der Waals surface area (Å²) in [4.78, 5) is 0. The highest BCUT2D eigenvalue weighted by atomic mass is 35.5. The zero-order chi connectivity index (χ0) is 7.98. The second-order valence-electron chi connectivity index (χ2n) is 1.94. The Morgan fingerprint density at radius 3 is 2.30 bits per heavy atom. The van der Waals surface area contributed by atoms with Crippen molar-refractivity contribution in [3.63, 3.8) is 0 Å². The molecule has 10 heavy (non-hydrogen) atoms. The maximum absolute atomic E-state index is 8.93. The molecule has 0 aromatic heterocycles. The summed E-state index contributed by atoms with van der Waals surface area (Å²) in [5, 5.41) is 8.93. The topological polar surface area (TPSA) is 38.7 Å². The molecule has 0 unspecified atom stereocenters. The average Bonchev–Trinajstić information content (AvgIpc) is 1.99. The van der Waals surface area contributed by atoms with Crippen LogP contribution in [0.3, 0.4) is 0 Å². The van der Waals surface area contributed by atoms with Crippen molar-refractivity contribution in [2.45, 2.75) is 18.8 Å². The summed E-state index contributed by atoms with van der Waals surface area (Å²) >= 11 is 5.48. The number of ether oxygens (including phenoxy) is 2. The molecule has 62 valence electrons. The number of methoxy groups -OCH3 is 2. The van der Waals surface area contributed by atoms with Gasteiger partial charge in [0.15, 0.2) is 6.29 Å². The van der Waals surface area contributed by atoms with E-state index >= 15 is 0 Å². The molecule has 4 heteroatoms. The second kappa shape index (κ2) is 5.92. The van der Waals surface area contributed by atoms with Gasteiger partial charge in [-0.15, -0.1) is 11.6 Å². The first-order valence-corrected chi connectivity index (χ1v) is 3.57. The van der Waals surface area contributed by atoms with E-state index in [1.807, 2.05) is 0 Å². The van der Waals surface area contributed by atoms with Gasteiger partial charge in [-0.1, -0.05) is 0 Å². The minimum atomic E-state index is -0.774. The minimum absolute atomic E-state index is 0.128. The van der Waals surface area contributed by atoms with Gasteiger partial charge >= 0.3 is 0 Å². The number of hydrogen-bond donors (Lipinski definition) is 1. The predicted molar refractivity (Wildman–Crippen MR) is 39.1 cm³/mol. The largest absolute Gasteiger partial charge is 0.380 e. The van der Waals surface area contributed by atoms with E-state index < -0.39 is 6.29 Å². The summed E-state index contributed by atoms with van der Waals surface area (Å²) in [6, 6.07) is 0. The smallest absolute Gasteiger partial charge is 0.156 e. The van der Waals surface area contributed by atoms with Gasteiger partial charge in [0.1, 0.15) is 0 Å². The van der Waals surface area contributed by atoms with Crippen molar-refractivity contribution in [2.24, 2.45) is 0 Å². The zero-order valence-corrected chi connectivity index (χ0v) is 6.97. The molecule has 0 radical (unpaired) electrons. The monoisotopic (exact) mass is 168 g/mol. The van der Waals surface area contributed by atoms with Crippen molar-refractivity contribution < 1.29 is 14.6 Å². The SMILES string of the molecule is CO[C@H](CCl)C[C@@H](O)OC. The van der Waals surface area contributed by atoms with Crippen molar-refractivity contribution in [2.75, 3.05) is 20.1 Å². The summed E-state index contributed by atoms with van der Waals surface area (Å²) in [5.41, 5.74) is 0. The lowest BCUT2D eigenvalue weighted by Crippen LogP contribution is -2.22. The molecule has 0 aromatic rings. The summed E-state index contributed by atoms with van der Waals surface area (Å²) in [7, 11) is 2.99. The lowest BCUT2D eigenvalue weighted by molar-refractivity contribution is -0.0994.